The quantitative estimate of drug-likeness (QED) is 0.835. The van der Waals surface area contributed by atoms with Crippen LogP contribution in [-0.2, 0) is 4.79 Å². The highest BCUT2D eigenvalue weighted by Crippen LogP contribution is 2.42. The lowest BCUT2D eigenvalue weighted by Gasteiger charge is -2.43. The fourth-order valence-electron chi connectivity index (χ4n) is 4.47. The Morgan fingerprint density at radius 2 is 1.92 bits per heavy atom. The Labute approximate surface area is 154 Å². The van der Waals surface area contributed by atoms with Crippen LogP contribution in [0.25, 0.3) is 0 Å². The maximum Gasteiger partial charge on any atom is 0.223 e. The second-order valence-corrected chi connectivity index (χ2v) is 7.33. The van der Waals surface area contributed by atoms with Crippen LogP contribution in [0.3, 0.4) is 0 Å². The van der Waals surface area contributed by atoms with Crippen molar-refractivity contribution in [2.24, 2.45) is 23.5 Å². The summed E-state index contributed by atoms with van der Waals surface area (Å²) in [6.45, 7) is 1.86. The van der Waals surface area contributed by atoms with E-state index in [1.54, 1.807) is 0 Å². The van der Waals surface area contributed by atoms with Crippen molar-refractivity contribution in [2.75, 3.05) is 0 Å². The van der Waals surface area contributed by atoms with Gasteiger partial charge in [-0.15, -0.1) is 12.4 Å². The standard InChI is InChI=1S/C19H26F2N2O.ClH/c1-2-17(15-10-14(20)6-7-16(15)21)23-19(24)13-8-11-4-3-5-12(9-13)18(11)22;/h6-7,10-13,17-18H,2-5,8-9,22H2,1H3,(H,23,24);1H. The molecule has 2 saturated carbocycles. The molecule has 1 aromatic carbocycles. The third-order valence-corrected chi connectivity index (χ3v) is 5.84. The minimum absolute atomic E-state index is 0. The number of carbonyl (C=O) groups is 1. The number of amides is 1. The number of benzene rings is 1. The third kappa shape index (κ3) is 4.32. The molecule has 3 unspecified atom stereocenters. The molecule has 0 radical (unpaired) electrons. The molecule has 6 heteroatoms. The predicted octanol–water partition coefficient (Wildman–Crippen LogP) is 4.11. The van der Waals surface area contributed by atoms with E-state index >= 15 is 0 Å². The van der Waals surface area contributed by atoms with Crippen LogP contribution in [0.1, 0.15) is 57.1 Å². The molecule has 140 valence electrons. The fraction of sp³-hybridized carbons (Fsp3) is 0.632. The van der Waals surface area contributed by atoms with Crippen molar-refractivity contribution in [1.82, 2.24) is 5.32 Å². The summed E-state index contributed by atoms with van der Waals surface area (Å²) >= 11 is 0. The Kier molecular flexibility index (Phi) is 6.80. The van der Waals surface area contributed by atoms with Gasteiger partial charge in [-0.25, -0.2) is 8.78 Å². The van der Waals surface area contributed by atoms with Crippen LogP contribution in [0.2, 0.25) is 0 Å². The molecule has 0 aliphatic heterocycles. The molecule has 2 fully saturated rings. The smallest absolute Gasteiger partial charge is 0.223 e. The molecule has 0 spiro atoms. The number of hydrogen-bond acceptors (Lipinski definition) is 2. The monoisotopic (exact) mass is 372 g/mol. The number of carbonyl (C=O) groups excluding carboxylic acids is 1. The molecule has 3 N–H and O–H groups in total. The number of nitrogens with one attached hydrogen (secondary N) is 1. The zero-order valence-corrected chi connectivity index (χ0v) is 15.3. The normalized spacial score (nSPS) is 29.4. The van der Waals surface area contributed by atoms with Crippen molar-refractivity contribution in [3.8, 4) is 0 Å². The molecular formula is C19H27ClF2N2O. The van der Waals surface area contributed by atoms with Gasteiger partial charge in [-0.3, -0.25) is 4.79 Å². The average molecular weight is 373 g/mol. The summed E-state index contributed by atoms with van der Waals surface area (Å²) in [5, 5.41) is 2.94. The molecule has 0 heterocycles. The second kappa shape index (κ2) is 8.45. The Bertz CT molecular complexity index is 599. The molecular weight excluding hydrogens is 346 g/mol. The highest BCUT2D eigenvalue weighted by molar-refractivity contribution is 5.85. The van der Waals surface area contributed by atoms with Crippen molar-refractivity contribution >= 4 is 18.3 Å². The maximum atomic E-state index is 14.0. The van der Waals surface area contributed by atoms with Crippen LogP contribution in [0.15, 0.2) is 18.2 Å². The molecule has 2 bridgehead atoms. The van der Waals surface area contributed by atoms with Gasteiger partial charge in [0.05, 0.1) is 6.04 Å². The van der Waals surface area contributed by atoms with Crippen LogP contribution >= 0.6 is 12.4 Å². The molecule has 25 heavy (non-hydrogen) atoms. The second-order valence-electron chi connectivity index (χ2n) is 7.33. The highest BCUT2D eigenvalue weighted by Gasteiger charge is 2.40. The fourth-order valence-corrected chi connectivity index (χ4v) is 4.47. The van der Waals surface area contributed by atoms with E-state index in [9.17, 15) is 13.6 Å². The van der Waals surface area contributed by atoms with E-state index in [2.05, 4.69) is 5.32 Å². The first kappa shape index (κ1) is 20.1. The lowest BCUT2D eigenvalue weighted by Crippen LogP contribution is -2.49. The van der Waals surface area contributed by atoms with Crippen LogP contribution in [0.5, 0.6) is 0 Å². The Morgan fingerprint density at radius 1 is 1.28 bits per heavy atom. The summed E-state index contributed by atoms with van der Waals surface area (Å²) in [6.07, 6.45) is 5.53. The number of halogens is 3. The molecule has 3 rings (SSSR count). The van der Waals surface area contributed by atoms with Gasteiger partial charge in [-0.1, -0.05) is 13.3 Å². The summed E-state index contributed by atoms with van der Waals surface area (Å²) < 4.78 is 27.4. The molecule has 1 aromatic rings. The molecule has 3 nitrogen and oxygen atoms in total. The Morgan fingerprint density at radius 3 is 2.52 bits per heavy atom. The summed E-state index contributed by atoms with van der Waals surface area (Å²) in [4.78, 5) is 12.7. The Balaban J connectivity index is 0.00000225. The molecule has 0 aromatic heterocycles. The van der Waals surface area contributed by atoms with Crippen LogP contribution in [0.4, 0.5) is 8.78 Å². The van der Waals surface area contributed by atoms with Gasteiger partial charge < -0.3 is 11.1 Å². The first-order chi connectivity index (χ1) is 11.5. The van der Waals surface area contributed by atoms with Crippen molar-refractivity contribution in [1.29, 1.82) is 0 Å². The number of hydrogen-bond donors (Lipinski definition) is 2. The van der Waals surface area contributed by atoms with Crippen LogP contribution in [0, 0.1) is 29.4 Å². The summed E-state index contributed by atoms with van der Waals surface area (Å²) in [5.74, 6) is -0.248. The summed E-state index contributed by atoms with van der Waals surface area (Å²) in [7, 11) is 0. The van der Waals surface area contributed by atoms with Crippen molar-refractivity contribution in [3.05, 3.63) is 35.4 Å². The van der Waals surface area contributed by atoms with Crippen molar-refractivity contribution in [2.45, 2.75) is 57.5 Å². The van der Waals surface area contributed by atoms with Crippen molar-refractivity contribution in [3.63, 3.8) is 0 Å². The van der Waals surface area contributed by atoms with E-state index < -0.39 is 17.7 Å². The van der Waals surface area contributed by atoms with Gasteiger partial charge in [0.1, 0.15) is 11.6 Å². The van der Waals surface area contributed by atoms with Crippen molar-refractivity contribution < 1.29 is 13.6 Å². The topological polar surface area (TPSA) is 55.1 Å². The first-order valence-corrected chi connectivity index (χ1v) is 9.00. The van der Waals surface area contributed by atoms with E-state index in [0.29, 0.717) is 18.3 Å². The third-order valence-electron chi connectivity index (χ3n) is 5.84. The van der Waals surface area contributed by atoms with Crippen LogP contribution in [-0.4, -0.2) is 11.9 Å². The van der Waals surface area contributed by atoms with Gasteiger partial charge >= 0.3 is 0 Å². The summed E-state index contributed by atoms with van der Waals surface area (Å²) in [5.41, 5.74) is 6.50. The SMILES string of the molecule is CCC(NC(=O)C1CC2CCCC(C1)C2N)c1cc(F)ccc1F.Cl. The minimum atomic E-state index is -0.497. The highest BCUT2D eigenvalue weighted by atomic mass is 35.5. The molecule has 2 aliphatic rings. The van der Waals surface area contributed by atoms with E-state index in [1.807, 2.05) is 6.92 Å². The van der Waals surface area contributed by atoms with E-state index in [-0.39, 0.29) is 35.8 Å². The van der Waals surface area contributed by atoms with Gasteiger partial charge in [0.2, 0.25) is 5.91 Å². The zero-order valence-electron chi connectivity index (χ0n) is 14.5. The van der Waals surface area contributed by atoms with Crippen LogP contribution < -0.4 is 11.1 Å². The number of fused-ring (bicyclic) bond motifs is 2. The van der Waals surface area contributed by atoms with Gasteiger partial charge in [0.15, 0.2) is 0 Å². The number of nitrogens with two attached hydrogens (primary N) is 1. The Hall–Kier alpha value is -1.20. The lowest BCUT2D eigenvalue weighted by molar-refractivity contribution is -0.128. The largest absolute Gasteiger partial charge is 0.349 e. The average Bonchev–Trinajstić information content (AvgIpc) is 2.54. The lowest BCUT2D eigenvalue weighted by atomic mass is 9.65. The van der Waals surface area contributed by atoms with E-state index in [0.717, 1.165) is 37.8 Å². The summed E-state index contributed by atoms with van der Waals surface area (Å²) in [6, 6.07) is 3.10. The molecule has 3 atom stereocenters. The predicted molar refractivity (Wildman–Crippen MR) is 96.3 cm³/mol. The van der Waals surface area contributed by atoms with Gasteiger partial charge in [0, 0.05) is 17.5 Å². The first-order valence-electron chi connectivity index (χ1n) is 9.00. The maximum absolute atomic E-state index is 14.0. The van der Waals surface area contributed by atoms with E-state index in [4.69, 9.17) is 5.73 Å². The van der Waals surface area contributed by atoms with Gasteiger partial charge in [0.25, 0.3) is 0 Å². The molecule has 1 amide bonds. The molecule has 2 aliphatic carbocycles. The van der Waals surface area contributed by atoms with Gasteiger partial charge in [-0.05, 0) is 62.1 Å². The van der Waals surface area contributed by atoms with E-state index in [1.165, 1.54) is 12.5 Å². The van der Waals surface area contributed by atoms with Gasteiger partial charge in [-0.2, -0.15) is 0 Å². The minimum Gasteiger partial charge on any atom is -0.349 e. The number of rotatable bonds is 4. The zero-order chi connectivity index (χ0) is 17.3. The molecule has 0 saturated heterocycles.